The van der Waals surface area contributed by atoms with Crippen LogP contribution in [-0.2, 0) is 4.79 Å². The lowest BCUT2D eigenvalue weighted by Gasteiger charge is -2.10. The normalized spacial score (nSPS) is 10.4. The zero-order chi connectivity index (χ0) is 20.1. The van der Waals surface area contributed by atoms with Crippen molar-refractivity contribution in [2.45, 2.75) is 0 Å². The standard InChI is InChI=1S/C19H13Cl3N2O3S/c20-13-8-15(22)16(9-14(13)21)27-10-18(25)23-11-3-5-12(6-4-11)24-19(26)17-2-1-7-28-17/h1-9H,10H2,(H,23,25)(H,24,26). The van der Waals surface area contributed by atoms with E-state index in [0.717, 1.165) is 0 Å². The Kier molecular flexibility index (Phi) is 6.80. The van der Waals surface area contributed by atoms with Crippen LogP contribution < -0.4 is 15.4 Å². The number of hydrogen-bond donors (Lipinski definition) is 2. The van der Waals surface area contributed by atoms with Crippen LogP contribution in [0.1, 0.15) is 9.67 Å². The molecule has 5 nitrogen and oxygen atoms in total. The van der Waals surface area contributed by atoms with Gasteiger partial charge in [0.25, 0.3) is 11.8 Å². The van der Waals surface area contributed by atoms with Crippen molar-refractivity contribution in [1.82, 2.24) is 0 Å². The number of nitrogens with one attached hydrogen (secondary N) is 2. The van der Waals surface area contributed by atoms with Crippen LogP contribution in [0.25, 0.3) is 0 Å². The summed E-state index contributed by atoms with van der Waals surface area (Å²) in [4.78, 5) is 24.7. The second-order valence-corrected chi connectivity index (χ2v) is 7.71. The van der Waals surface area contributed by atoms with Gasteiger partial charge in [-0.3, -0.25) is 9.59 Å². The Balaban J connectivity index is 1.53. The molecule has 0 spiro atoms. The lowest BCUT2D eigenvalue weighted by Crippen LogP contribution is -2.20. The molecule has 28 heavy (non-hydrogen) atoms. The number of carbonyl (C=O) groups excluding carboxylic acids is 2. The van der Waals surface area contributed by atoms with Gasteiger partial charge in [0.2, 0.25) is 0 Å². The molecule has 0 aliphatic rings. The predicted octanol–water partition coefficient (Wildman–Crippen LogP) is 5.98. The van der Waals surface area contributed by atoms with Gasteiger partial charge >= 0.3 is 0 Å². The van der Waals surface area contributed by atoms with Crippen molar-refractivity contribution < 1.29 is 14.3 Å². The highest BCUT2D eigenvalue weighted by Gasteiger charge is 2.10. The fraction of sp³-hybridized carbons (Fsp3) is 0.0526. The molecule has 2 amide bonds. The summed E-state index contributed by atoms with van der Waals surface area (Å²) < 4.78 is 5.38. The molecule has 2 N–H and O–H groups in total. The third kappa shape index (κ3) is 5.39. The minimum Gasteiger partial charge on any atom is -0.482 e. The number of hydrogen-bond acceptors (Lipinski definition) is 4. The van der Waals surface area contributed by atoms with Crippen molar-refractivity contribution in [3.05, 3.63) is 73.9 Å². The summed E-state index contributed by atoms with van der Waals surface area (Å²) in [5.74, 6) is -0.297. The Morgan fingerprint density at radius 1 is 0.893 bits per heavy atom. The van der Waals surface area contributed by atoms with Crippen molar-refractivity contribution in [2.24, 2.45) is 0 Å². The molecule has 3 rings (SSSR count). The van der Waals surface area contributed by atoms with Crippen LogP contribution >= 0.6 is 46.1 Å². The van der Waals surface area contributed by atoms with E-state index in [4.69, 9.17) is 39.5 Å². The van der Waals surface area contributed by atoms with Crippen LogP contribution in [0.15, 0.2) is 53.9 Å². The van der Waals surface area contributed by atoms with Gasteiger partial charge in [0.15, 0.2) is 6.61 Å². The zero-order valence-corrected chi connectivity index (χ0v) is 17.3. The minimum atomic E-state index is -0.377. The molecule has 2 aromatic carbocycles. The Labute approximate surface area is 180 Å². The maximum absolute atomic E-state index is 12.1. The highest BCUT2D eigenvalue weighted by molar-refractivity contribution is 7.12. The molecule has 0 unspecified atom stereocenters. The van der Waals surface area contributed by atoms with Crippen LogP contribution in [0.4, 0.5) is 11.4 Å². The largest absolute Gasteiger partial charge is 0.482 e. The Morgan fingerprint density at radius 2 is 1.54 bits per heavy atom. The molecule has 0 aliphatic carbocycles. The zero-order valence-electron chi connectivity index (χ0n) is 14.2. The third-order valence-electron chi connectivity index (χ3n) is 3.51. The van der Waals surface area contributed by atoms with Crippen LogP contribution in [0.2, 0.25) is 15.1 Å². The van der Waals surface area contributed by atoms with E-state index < -0.39 is 0 Å². The number of thiophene rings is 1. The first-order chi connectivity index (χ1) is 13.4. The second-order valence-electron chi connectivity index (χ2n) is 5.54. The molecule has 1 aromatic heterocycles. The lowest BCUT2D eigenvalue weighted by molar-refractivity contribution is -0.118. The molecule has 0 radical (unpaired) electrons. The highest BCUT2D eigenvalue weighted by atomic mass is 35.5. The molecular weight excluding hydrogens is 443 g/mol. The van der Waals surface area contributed by atoms with E-state index >= 15 is 0 Å². The maximum atomic E-state index is 12.1. The number of benzene rings is 2. The Hall–Kier alpha value is -2.25. The first-order valence-electron chi connectivity index (χ1n) is 7.94. The Morgan fingerprint density at radius 3 is 2.18 bits per heavy atom. The van der Waals surface area contributed by atoms with Crippen molar-refractivity contribution in [3.63, 3.8) is 0 Å². The third-order valence-corrected chi connectivity index (χ3v) is 5.39. The summed E-state index contributed by atoms with van der Waals surface area (Å²) in [6.45, 7) is -0.255. The summed E-state index contributed by atoms with van der Waals surface area (Å²) >= 11 is 19.1. The van der Waals surface area contributed by atoms with Crippen molar-refractivity contribution in [1.29, 1.82) is 0 Å². The molecular formula is C19H13Cl3N2O3S. The van der Waals surface area contributed by atoms with E-state index in [-0.39, 0.29) is 34.2 Å². The van der Waals surface area contributed by atoms with Crippen LogP contribution in [0.3, 0.4) is 0 Å². The molecule has 0 saturated carbocycles. The van der Waals surface area contributed by atoms with Crippen LogP contribution in [0, 0.1) is 0 Å². The maximum Gasteiger partial charge on any atom is 0.265 e. The van der Waals surface area contributed by atoms with Gasteiger partial charge in [-0.2, -0.15) is 0 Å². The molecule has 1 heterocycles. The van der Waals surface area contributed by atoms with E-state index in [9.17, 15) is 9.59 Å². The highest BCUT2D eigenvalue weighted by Crippen LogP contribution is 2.33. The Bertz CT molecular complexity index is 992. The monoisotopic (exact) mass is 454 g/mol. The molecule has 9 heteroatoms. The van der Waals surface area contributed by atoms with Gasteiger partial charge in [0.05, 0.1) is 19.9 Å². The number of ether oxygens (including phenoxy) is 1. The molecule has 0 fully saturated rings. The van der Waals surface area contributed by atoms with Crippen molar-refractivity contribution in [2.75, 3.05) is 17.2 Å². The van der Waals surface area contributed by atoms with E-state index in [1.165, 1.54) is 23.5 Å². The first kappa shape index (κ1) is 20.5. The molecule has 0 bridgehead atoms. The summed E-state index contributed by atoms with van der Waals surface area (Å²) in [5, 5.41) is 8.14. The van der Waals surface area contributed by atoms with Gasteiger partial charge in [0, 0.05) is 17.4 Å². The van der Waals surface area contributed by atoms with Gasteiger partial charge in [-0.15, -0.1) is 11.3 Å². The topological polar surface area (TPSA) is 67.4 Å². The number of halogens is 3. The number of amides is 2. The summed E-state index contributed by atoms with van der Waals surface area (Å²) in [7, 11) is 0. The summed E-state index contributed by atoms with van der Waals surface area (Å²) in [6, 6.07) is 13.2. The van der Waals surface area contributed by atoms with Gasteiger partial charge in [0.1, 0.15) is 5.75 Å². The van der Waals surface area contributed by atoms with Gasteiger partial charge in [-0.1, -0.05) is 40.9 Å². The molecule has 3 aromatic rings. The lowest BCUT2D eigenvalue weighted by atomic mass is 10.2. The van der Waals surface area contributed by atoms with Crippen LogP contribution in [-0.4, -0.2) is 18.4 Å². The van der Waals surface area contributed by atoms with Crippen molar-refractivity contribution in [3.8, 4) is 5.75 Å². The molecule has 144 valence electrons. The number of rotatable bonds is 6. The smallest absolute Gasteiger partial charge is 0.265 e. The minimum absolute atomic E-state index is 0.182. The fourth-order valence-electron chi connectivity index (χ4n) is 2.19. The molecule has 0 saturated heterocycles. The first-order valence-corrected chi connectivity index (χ1v) is 9.96. The number of anilines is 2. The van der Waals surface area contributed by atoms with E-state index in [2.05, 4.69) is 10.6 Å². The quantitative estimate of drug-likeness (QED) is 0.449. The fourth-order valence-corrected chi connectivity index (χ4v) is 3.40. The van der Waals surface area contributed by atoms with Gasteiger partial charge < -0.3 is 15.4 Å². The number of carbonyl (C=O) groups is 2. The molecule has 0 atom stereocenters. The average Bonchev–Trinajstić information content (AvgIpc) is 3.20. The summed E-state index contributed by atoms with van der Waals surface area (Å²) in [6.07, 6.45) is 0. The van der Waals surface area contributed by atoms with Gasteiger partial charge in [-0.25, -0.2) is 0 Å². The van der Waals surface area contributed by atoms with E-state index in [0.29, 0.717) is 21.3 Å². The SMILES string of the molecule is O=C(COc1cc(Cl)c(Cl)cc1Cl)Nc1ccc(NC(=O)c2cccs2)cc1. The summed E-state index contributed by atoms with van der Waals surface area (Å²) in [5.41, 5.74) is 1.18. The van der Waals surface area contributed by atoms with E-state index in [1.807, 2.05) is 11.4 Å². The second kappa shape index (κ2) is 9.30. The van der Waals surface area contributed by atoms with E-state index in [1.54, 1.807) is 30.3 Å². The van der Waals surface area contributed by atoms with Crippen LogP contribution in [0.5, 0.6) is 5.75 Å². The average molecular weight is 456 g/mol. The molecule has 0 aliphatic heterocycles. The predicted molar refractivity (Wildman–Crippen MR) is 114 cm³/mol. The van der Waals surface area contributed by atoms with Gasteiger partial charge in [-0.05, 0) is 41.8 Å². The van der Waals surface area contributed by atoms with Crippen molar-refractivity contribution >= 4 is 69.3 Å².